The molecule has 0 saturated heterocycles. The maximum absolute atomic E-state index is 6.12. The predicted octanol–water partition coefficient (Wildman–Crippen LogP) is 4.42. The normalized spacial score (nSPS) is 11.9. The Balaban J connectivity index is 2.13. The molecule has 1 unspecified atom stereocenters. The van der Waals surface area contributed by atoms with Crippen molar-refractivity contribution < 1.29 is 14.0 Å². The van der Waals surface area contributed by atoms with Crippen molar-refractivity contribution in [1.29, 1.82) is 0 Å². The second-order valence-corrected chi connectivity index (χ2v) is 6.47. The van der Waals surface area contributed by atoms with Gasteiger partial charge in [-0.25, -0.2) is 0 Å². The summed E-state index contributed by atoms with van der Waals surface area (Å²) >= 11 is 12.2. The lowest BCUT2D eigenvalue weighted by molar-refractivity contribution is 0.191. The Hall–Kier alpha value is -1.40. The number of nitrogens with two attached hydrogens (primary N) is 1. The maximum Gasteiger partial charge on any atom is 0.788 e. The highest BCUT2D eigenvalue weighted by Gasteiger charge is 2.28. The minimum Gasteiger partial charge on any atom is -0.501 e. The van der Waals surface area contributed by atoms with E-state index in [1.54, 1.807) is 24.3 Å². The molecule has 2 rings (SSSR count). The largest absolute Gasteiger partial charge is 0.788 e. The first-order chi connectivity index (χ1) is 11.3. The molecule has 2 aromatic carbocycles. The van der Waals surface area contributed by atoms with E-state index in [2.05, 4.69) is 0 Å². The van der Waals surface area contributed by atoms with E-state index in [0.29, 0.717) is 21.5 Å². The summed E-state index contributed by atoms with van der Waals surface area (Å²) in [7, 11) is -0.964. The van der Waals surface area contributed by atoms with Gasteiger partial charge in [-0.3, -0.25) is 0 Å². The molecule has 1 atom stereocenters. The van der Waals surface area contributed by atoms with Gasteiger partial charge < -0.3 is 19.7 Å². The lowest BCUT2D eigenvalue weighted by Gasteiger charge is -2.17. The van der Waals surface area contributed by atoms with Gasteiger partial charge in [-0.05, 0) is 56.2 Å². The van der Waals surface area contributed by atoms with Crippen LogP contribution >= 0.6 is 23.2 Å². The zero-order valence-corrected chi connectivity index (χ0v) is 15.4. The molecule has 2 N–H and O–H groups in total. The van der Waals surface area contributed by atoms with Gasteiger partial charge in [-0.2, -0.15) is 0 Å². The van der Waals surface area contributed by atoms with Crippen LogP contribution in [0.1, 0.15) is 18.1 Å². The Labute approximate surface area is 153 Å². The van der Waals surface area contributed by atoms with Gasteiger partial charge in [0.15, 0.2) is 0 Å². The number of hydrogen-bond acceptors (Lipinski definition) is 4. The summed E-state index contributed by atoms with van der Waals surface area (Å²) in [5.41, 5.74) is 7.66. The van der Waals surface area contributed by atoms with Gasteiger partial charge in [-0.1, -0.05) is 35.3 Å². The van der Waals surface area contributed by atoms with Crippen LogP contribution in [0.25, 0.3) is 0 Å². The zero-order chi connectivity index (χ0) is 17.7. The van der Waals surface area contributed by atoms with Crippen LogP contribution in [0, 0.1) is 13.8 Å². The molecule has 2 aromatic rings. The summed E-state index contributed by atoms with van der Waals surface area (Å²) < 4.78 is 17.1. The van der Waals surface area contributed by atoms with Crippen molar-refractivity contribution in [2.45, 2.75) is 26.8 Å². The number of hydrogen-bond donors (Lipinski definition) is 1. The maximum atomic E-state index is 6.12. The highest BCUT2D eigenvalue weighted by molar-refractivity contribution is 6.38. The average molecular weight is 368 g/mol. The second-order valence-electron chi connectivity index (χ2n) is 5.66. The molecule has 7 heteroatoms. The molecule has 0 radical (unpaired) electrons. The van der Waals surface area contributed by atoms with Crippen molar-refractivity contribution in [2.24, 2.45) is 5.73 Å². The van der Waals surface area contributed by atoms with Crippen LogP contribution in [0.2, 0.25) is 10.0 Å². The molecule has 0 spiro atoms. The minimum atomic E-state index is -0.964. The summed E-state index contributed by atoms with van der Waals surface area (Å²) in [4.78, 5) is 0. The van der Waals surface area contributed by atoms with Crippen LogP contribution < -0.4 is 15.0 Å². The van der Waals surface area contributed by atoms with Crippen LogP contribution in [0.15, 0.2) is 36.4 Å². The van der Waals surface area contributed by atoms with E-state index < -0.39 is 7.32 Å². The van der Waals surface area contributed by atoms with Gasteiger partial charge in [0.2, 0.25) is 0 Å². The minimum absolute atomic E-state index is 0.150. The van der Waals surface area contributed by atoms with Gasteiger partial charge in [0.05, 0.1) is 6.61 Å². The second kappa shape index (κ2) is 8.63. The Bertz CT molecular complexity index is 644. The Morgan fingerprint density at radius 3 is 1.79 bits per heavy atom. The molecule has 0 heterocycles. The van der Waals surface area contributed by atoms with Crippen LogP contribution in [-0.2, 0) is 4.65 Å². The lowest BCUT2D eigenvalue weighted by atomic mass is 10.1. The summed E-state index contributed by atoms with van der Waals surface area (Å²) in [6.45, 7) is 5.95. The molecule has 0 aliphatic carbocycles. The molecule has 24 heavy (non-hydrogen) atoms. The quantitative estimate of drug-likeness (QED) is 0.736. The molecule has 0 aromatic heterocycles. The average Bonchev–Trinajstić information content (AvgIpc) is 2.52. The lowest BCUT2D eigenvalue weighted by Crippen LogP contribution is -2.37. The van der Waals surface area contributed by atoms with E-state index in [1.165, 1.54) is 0 Å². The number of halogens is 2. The summed E-state index contributed by atoms with van der Waals surface area (Å²) in [6, 6.07) is 10.6. The molecule has 0 aliphatic rings. The standard InChI is InChI=1S/C17H20BCl2NO3/c1-11-4-6-14(8-16(11)19)23-18(22-10-13(3)21)24-15-7-5-12(2)17(20)9-15/h4-9,13H,10,21H2,1-3H3. The third-order valence-corrected chi connectivity index (χ3v) is 4.06. The van der Waals surface area contributed by atoms with Crippen LogP contribution in [0.5, 0.6) is 11.5 Å². The van der Waals surface area contributed by atoms with E-state index in [0.717, 1.165) is 11.1 Å². The summed E-state index contributed by atoms with van der Waals surface area (Å²) in [5, 5.41) is 1.22. The fourth-order valence-electron chi connectivity index (χ4n) is 1.84. The van der Waals surface area contributed by atoms with Crippen molar-refractivity contribution in [3.63, 3.8) is 0 Å². The van der Waals surface area contributed by atoms with Crippen molar-refractivity contribution in [1.82, 2.24) is 0 Å². The van der Waals surface area contributed by atoms with E-state index in [4.69, 9.17) is 42.9 Å². The highest BCUT2D eigenvalue weighted by atomic mass is 35.5. The summed E-state index contributed by atoms with van der Waals surface area (Å²) in [5.74, 6) is 1.08. The third kappa shape index (κ3) is 5.60. The fraction of sp³-hybridized carbons (Fsp3) is 0.294. The molecular weight excluding hydrogens is 348 g/mol. The topological polar surface area (TPSA) is 53.7 Å². The Kier molecular flexibility index (Phi) is 6.81. The Morgan fingerprint density at radius 1 is 0.958 bits per heavy atom. The van der Waals surface area contributed by atoms with Crippen molar-refractivity contribution in [3.8, 4) is 11.5 Å². The van der Waals surface area contributed by atoms with Gasteiger partial charge in [0, 0.05) is 16.1 Å². The smallest absolute Gasteiger partial charge is 0.501 e. The molecule has 0 amide bonds. The Morgan fingerprint density at radius 2 is 1.42 bits per heavy atom. The number of benzene rings is 2. The van der Waals surface area contributed by atoms with E-state index in [9.17, 15) is 0 Å². The zero-order valence-electron chi connectivity index (χ0n) is 13.9. The van der Waals surface area contributed by atoms with Gasteiger partial charge >= 0.3 is 7.32 Å². The molecular formula is C17H20BCl2NO3. The number of rotatable bonds is 7. The molecule has 4 nitrogen and oxygen atoms in total. The SMILES string of the molecule is Cc1ccc(OB(OCC(C)N)Oc2ccc(C)c(Cl)c2)cc1Cl. The predicted molar refractivity (Wildman–Crippen MR) is 99.0 cm³/mol. The summed E-state index contributed by atoms with van der Waals surface area (Å²) in [6.07, 6.45) is 0. The van der Waals surface area contributed by atoms with Gasteiger partial charge in [-0.15, -0.1) is 0 Å². The fourth-order valence-corrected chi connectivity index (χ4v) is 2.18. The van der Waals surface area contributed by atoms with Gasteiger partial charge in [0.1, 0.15) is 11.5 Å². The van der Waals surface area contributed by atoms with E-state index in [1.807, 2.05) is 32.9 Å². The first-order valence-corrected chi connectivity index (χ1v) is 8.33. The van der Waals surface area contributed by atoms with Gasteiger partial charge in [0.25, 0.3) is 0 Å². The van der Waals surface area contributed by atoms with Crippen molar-refractivity contribution in [2.75, 3.05) is 6.61 Å². The molecule has 0 aliphatic heterocycles. The van der Waals surface area contributed by atoms with Crippen LogP contribution in [0.3, 0.4) is 0 Å². The highest BCUT2D eigenvalue weighted by Crippen LogP contribution is 2.25. The van der Waals surface area contributed by atoms with Crippen molar-refractivity contribution >= 4 is 30.5 Å². The first kappa shape index (κ1) is 18.9. The molecule has 0 fully saturated rings. The van der Waals surface area contributed by atoms with E-state index in [-0.39, 0.29) is 12.6 Å². The van der Waals surface area contributed by atoms with Crippen LogP contribution in [-0.4, -0.2) is 20.0 Å². The van der Waals surface area contributed by atoms with E-state index >= 15 is 0 Å². The molecule has 0 saturated carbocycles. The van der Waals surface area contributed by atoms with Crippen LogP contribution in [0.4, 0.5) is 0 Å². The molecule has 128 valence electrons. The monoisotopic (exact) mass is 367 g/mol. The van der Waals surface area contributed by atoms with Crippen molar-refractivity contribution in [3.05, 3.63) is 57.6 Å². The first-order valence-electron chi connectivity index (χ1n) is 7.58. The third-order valence-electron chi connectivity index (χ3n) is 3.25. The number of aryl methyl sites for hydroxylation is 2. The molecule has 0 bridgehead atoms.